The Morgan fingerprint density at radius 2 is 1.81 bits per heavy atom. The SMILES string of the molecule is COc1cc(OC)c(Cl)c(C2CCc3c(-c4ccc(Cl)cc4[N+](=O)[O-])n[nH]c3C2)c1Cl. The van der Waals surface area contributed by atoms with Crippen molar-refractivity contribution in [2.45, 2.75) is 25.2 Å². The van der Waals surface area contributed by atoms with Crippen LogP contribution in [0.1, 0.15) is 29.2 Å². The molecule has 1 atom stereocenters. The van der Waals surface area contributed by atoms with E-state index in [9.17, 15) is 10.1 Å². The highest BCUT2D eigenvalue weighted by Gasteiger charge is 2.31. The average Bonchev–Trinajstić information content (AvgIpc) is 3.17. The van der Waals surface area contributed by atoms with Crippen molar-refractivity contribution in [2.24, 2.45) is 0 Å². The van der Waals surface area contributed by atoms with Gasteiger partial charge in [0, 0.05) is 34.0 Å². The van der Waals surface area contributed by atoms with Crippen LogP contribution in [-0.2, 0) is 12.8 Å². The number of aromatic amines is 1. The number of nitrogens with zero attached hydrogens (tertiary/aromatic N) is 2. The molecule has 7 nitrogen and oxygen atoms in total. The van der Waals surface area contributed by atoms with Gasteiger partial charge in [0.1, 0.15) is 17.2 Å². The predicted molar refractivity (Wildman–Crippen MR) is 120 cm³/mol. The smallest absolute Gasteiger partial charge is 0.280 e. The van der Waals surface area contributed by atoms with Crippen LogP contribution in [0.15, 0.2) is 24.3 Å². The fourth-order valence-electron chi connectivity index (χ4n) is 4.09. The van der Waals surface area contributed by atoms with Crippen LogP contribution in [0.3, 0.4) is 0 Å². The molecule has 31 heavy (non-hydrogen) atoms. The van der Waals surface area contributed by atoms with Crippen molar-refractivity contribution >= 4 is 40.5 Å². The Balaban J connectivity index is 1.74. The quantitative estimate of drug-likeness (QED) is 0.343. The number of hydrogen-bond donors (Lipinski definition) is 1. The van der Waals surface area contributed by atoms with Gasteiger partial charge in [0.2, 0.25) is 0 Å². The van der Waals surface area contributed by atoms with Crippen LogP contribution < -0.4 is 9.47 Å². The van der Waals surface area contributed by atoms with Gasteiger partial charge in [-0.3, -0.25) is 15.2 Å². The van der Waals surface area contributed by atoms with Crippen molar-refractivity contribution in [3.05, 3.63) is 66.3 Å². The average molecular weight is 483 g/mol. The van der Waals surface area contributed by atoms with Gasteiger partial charge in [0.15, 0.2) is 0 Å². The molecule has 1 unspecified atom stereocenters. The van der Waals surface area contributed by atoms with Gasteiger partial charge in [-0.15, -0.1) is 0 Å². The van der Waals surface area contributed by atoms with Gasteiger partial charge in [-0.25, -0.2) is 0 Å². The van der Waals surface area contributed by atoms with Crippen molar-refractivity contribution in [2.75, 3.05) is 14.2 Å². The van der Waals surface area contributed by atoms with Gasteiger partial charge in [0.25, 0.3) is 5.69 Å². The fourth-order valence-corrected chi connectivity index (χ4v) is 5.07. The maximum atomic E-state index is 11.5. The number of nitro groups is 1. The van der Waals surface area contributed by atoms with Gasteiger partial charge < -0.3 is 9.47 Å². The number of nitrogens with one attached hydrogen (secondary N) is 1. The number of H-pyrrole nitrogens is 1. The summed E-state index contributed by atoms with van der Waals surface area (Å²) in [4.78, 5) is 11.1. The highest BCUT2D eigenvalue weighted by molar-refractivity contribution is 6.38. The fraction of sp³-hybridized carbons (Fsp3) is 0.286. The number of methoxy groups -OCH3 is 2. The topological polar surface area (TPSA) is 90.3 Å². The molecule has 4 rings (SSSR count). The summed E-state index contributed by atoms with van der Waals surface area (Å²) in [6.07, 6.45) is 1.98. The van der Waals surface area contributed by atoms with Crippen LogP contribution >= 0.6 is 34.8 Å². The maximum absolute atomic E-state index is 11.5. The second-order valence-electron chi connectivity index (χ2n) is 7.21. The van der Waals surface area contributed by atoms with E-state index in [0.29, 0.717) is 50.7 Å². The first-order chi connectivity index (χ1) is 14.8. The summed E-state index contributed by atoms with van der Waals surface area (Å²) in [5, 5.41) is 20.2. The summed E-state index contributed by atoms with van der Waals surface area (Å²) < 4.78 is 10.8. The summed E-state index contributed by atoms with van der Waals surface area (Å²) in [6.45, 7) is 0. The normalized spacial score (nSPS) is 15.5. The third kappa shape index (κ3) is 3.82. The third-order valence-corrected chi connectivity index (χ3v) is 6.59. The molecule has 0 aliphatic heterocycles. The van der Waals surface area contributed by atoms with E-state index in [4.69, 9.17) is 44.3 Å². The number of nitro benzene ring substituents is 1. The van der Waals surface area contributed by atoms with E-state index >= 15 is 0 Å². The Morgan fingerprint density at radius 3 is 2.42 bits per heavy atom. The van der Waals surface area contributed by atoms with E-state index in [2.05, 4.69) is 10.2 Å². The molecule has 3 aromatic rings. The van der Waals surface area contributed by atoms with E-state index < -0.39 is 4.92 Å². The first-order valence-corrected chi connectivity index (χ1v) is 10.6. The second-order valence-corrected chi connectivity index (χ2v) is 8.40. The highest BCUT2D eigenvalue weighted by atomic mass is 35.5. The molecule has 0 saturated carbocycles. The molecule has 1 aromatic heterocycles. The lowest BCUT2D eigenvalue weighted by Crippen LogP contribution is -2.14. The molecule has 0 spiro atoms. The zero-order valence-electron chi connectivity index (χ0n) is 16.7. The largest absolute Gasteiger partial charge is 0.495 e. The van der Waals surface area contributed by atoms with Crippen LogP contribution in [0.4, 0.5) is 5.69 Å². The van der Waals surface area contributed by atoms with E-state index in [-0.39, 0.29) is 11.6 Å². The van der Waals surface area contributed by atoms with Gasteiger partial charge in [0.05, 0.1) is 34.8 Å². The van der Waals surface area contributed by atoms with Gasteiger partial charge in [-0.1, -0.05) is 34.8 Å². The van der Waals surface area contributed by atoms with Crippen molar-refractivity contribution in [3.8, 4) is 22.8 Å². The maximum Gasteiger partial charge on any atom is 0.280 e. The van der Waals surface area contributed by atoms with Crippen LogP contribution in [0.25, 0.3) is 11.3 Å². The Hall–Kier alpha value is -2.48. The summed E-state index contributed by atoms with van der Waals surface area (Å²) in [6, 6.07) is 6.25. The monoisotopic (exact) mass is 481 g/mol. The van der Waals surface area contributed by atoms with Crippen molar-refractivity contribution in [1.82, 2.24) is 10.2 Å². The molecule has 1 N–H and O–H groups in total. The number of rotatable bonds is 5. The number of halogens is 3. The molecule has 1 heterocycles. The highest BCUT2D eigenvalue weighted by Crippen LogP contribution is 2.48. The number of benzene rings is 2. The van der Waals surface area contributed by atoms with Crippen molar-refractivity contribution in [1.29, 1.82) is 0 Å². The standard InChI is InChI=1S/C21H18Cl3N3O4/c1-30-16-9-17(31-2)20(24)18(19(16)23)10-3-5-12-14(7-10)25-26-21(12)13-6-4-11(22)8-15(13)27(28)29/h4,6,8-10H,3,5,7H2,1-2H3,(H,25,26). The Labute approximate surface area is 193 Å². The van der Waals surface area contributed by atoms with Crippen molar-refractivity contribution in [3.63, 3.8) is 0 Å². The molecule has 10 heteroatoms. The van der Waals surface area contributed by atoms with E-state index in [1.807, 2.05) is 0 Å². The first-order valence-electron chi connectivity index (χ1n) is 9.46. The lowest BCUT2D eigenvalue weighted by molar-refractivity contribution is -0.384. The molecule has 1 aliphatic rings. The molecule has 0 bridgehead atoms. The van der Waals surface area contributed by atoms with Gasteiger partial charge in [-0.2, -0.15) is 5.10 Å². The molecule has 0 amide bonds. The number of ether oxygens (including phenoxy) is 2. The minimum absolute atomic E-state index is 0.00463. The van der Waals surface area contributed by atoms with E-state index in [0.717, 1.165) is 23.2 Å². The first kappa shape index (κ1) is 21.7. The Bertz CT molecular complexity index is 1150. The molecular formula is C21H18Cl3N3O4. The molecule has 0 saturated heterocycles. The molecule has 2 aromatic carbocycles. The van der Waals surface area contributed by atoms with Crippen LogP contribution in [0.5, 0.6) is 11.5 Å². The third-order valence-electron chi connectivity index (χ3n) is 5.57. The lowest BCUT2D eigenvalue weighted by atomic mass is 9.81. The predicted octanol–water partition coefficient (Wildman–Crippen LogP) is 6.23. The minimum atomic E-state index is -0.448. The van der Waals surface area contributed by atoms with Gasteiger partial charge in [-0.05, 0) is 37.3 Å². The number of fused-ring (bicyclic) bond motifs is 1. The van der Waals surface area contributed by atoms with Crippen LogP contribution in [0, 0.1) is 10.1 Å². The summed E-state index contributed by atoms with van der Waals surface area (Å²) in [5.41, 5.74) is 3.53. The van der Waals surface area contributed by atoms with E-state index in [1.165, 1.54) is 20.3 Å². The lowest BCUT2D eigenvalue weighted by Gasteiger charge is -2.26. The number of aromatic nitrogens is 2. The molecule has 162 valence electrons. The zero-order valence-corrected chi connectivity index (χ0v) is 18.9. The number of hydrogen-bond acceptors (Lipinski definition) is 5. The van der Waals surface area contributed by atoms with Gasteiger partial charge >= 0.3 is 0 Å². The summed E-state index contributed by atoms with van der Waals surface area (Å²) >= 11 is 19.1. The van der Waals surface area contributed by atoms with Crippen molar-refractivity contribution < 1.29 is 14.4 Å². The molecule has 0 fully saturated rings. The summed E-state index contributed by atoms with van der Waals surface area (Å²) in [5.74, 6) is 0.988. The van der Waals surface area contributed by atoms with Crippen LogP contribution in [0.2, 0.25) is 15.1 Å². The zero-order chi connectivity index (χ0) is 22.3. The Morgan fingerprint density at radius 1 is 1.13 bits per heavy atom. The minimum Gasteiger partial charge on any atom is -0.495 e. The summed E-state index contributed by atoms with van der Waals surface area (Å²) in [7, 11) is 3.08. The second kappa shape index (κ2) is 8.57. The molecular weight excluding hydrogens is 465 g/mol. The Kier molecular flexibility index (Phi) is 6.01. The van der Waals surface area contributed by atoms with E-state index in [1.54, 1.807) is 18.2 Å². The molecule has 0 radical (unpaired) electrons. The van der Waals surface area contributed by atoms with Crippen LogP contribution in [-0.4, -0.2) is 29.3 Å². The molecule has 1 aliphatic carbocycles.